The zero-order valence-corrected chi connectivity index (χ0v) is 8.63. The molecule has 0 bridgehead atoms. The molecule has 2 nitrogen and oxygen atoms in total. The van der Waals surface area contributed by atoms with E-state index in [4.69, 9.17) is 5.73 Å². The van der Waals surface area contributed by atoms with Gasteiger partial charge in [0, 0.05) is 19.2 Å². The maximum atomic E-state index is 13.2. The first-order valence-electron chi connectivity index (χ1n) is 5.07. The van der Waals surface area contributed by atoms with Gasteiger partial charge in [-0.25, -0.2) is 8.78 Å². The van der Waals surface area contributed by atoms with Crippen molar-refractivity contribution in [1.29, 1.82) is 0 Å². The number of rotatable bonds is 1. The minimum atomic E-state index is -0.676. The molecule has 1 fully saturated rings. The van der Waals surface area contributed by atoms with Crippen LogP contribution < -0.4 is 10.6 Å². The van der Waals surface area contributed by atoms with Gasteiger partial charge in [-0.1, -0.05) is 6.92 Å². The molecule has 0 radical (unpaired) electrons. The Labute approximate surface area is 87.7 Å². The lowest BCUT2D eigenvalue weighted by Crippen LogP contribution is -2.21. The van der Waals surface area contributed by atoms with E-state index in [-0.39, 0.29) is 5.69 Å². The van der Waals surface area contributed by atoms with Gasteiger partial charge in [-0.2, -0.15) is 0 Å². The molecular weight excluding hydrogens is 198 g/mol. The molecule has 82 valence electrons. The SMILES string of the molecule is CC1CCN(c2cc(F)cc(F)c2N)C1. The summed E-state index contributed by atoms with van der Waals surface area (Å²) in [5, 5.41) is 0. The van der Waals surface area contributed by atoms with Gasteiger partial charge < -0.3 is 10.6 Å². The summed E-state index contributed by atoms with van der Waals surface area (Å²) in [7, 11) is 0. The molecule has 2 rings (SSSR count). The maximum absolute atomic E-state index is 13.2. The highest BCUT2D eigenvalue weighted by molar-refractivity contribution is 5.68. The zero-order valence-electron chi connectivity index (χ0n) is 8.63. The van der Waals surface area contributed by atoms with Crippen LogP contribution in [-0.4, -0.2) is 13.1 Å². The van der Waals surface area contributed by atoms with Crippen molar-refractivity contribution in [2.45, 2.75) is 13.3 Å². The van der Waals surface area contributed by atoms with Crippen LogP contribution in [0.5, 0.6) is 0 Å². The third-order valence-electron chi connectivity index (χ3n) is 2.84. The predicted molar refractivity (Wildman–Crippen MR) is 56.8 cm³/mol. The van der Waals surface area contributed by atoms with Crippen molar-refractivity contribution in [2.75, 3.05) is 23.7 Å². The van der Waals surface area contributed by atoms with Crippen molar-refractivity contribution in [1.82, 2.24) is 0 Å². The third kappa shape index (κ3) is 1.89. The molecule has 1 atom stereocenters. The lowest BCUT2D eigenvalue weighted by atomic mass is 10.2. The van der Waals surface area contributed by atoms with Crippen LogP contribution in [0.2, 0.25) is 0 Å². The summed E-state index contributed by atoms with van der Waals surface area (Å²) in [6.07, 6.45) is 1.04. The fourth-order valence-electron chi connectivity index (χ4n) is 1.99. The van der Waals surface area contributed by atoms with Crippen LogP contribution in [0.4, 0.5) is 20.2 Å². The molecule has 1 saturated heterocycles. The molecule has 4 heteroatoms. The van der Waals surface area contributed by atoms with Gasteiger partial charge >= 0.3 is 0 Å². The van der Waals surface area contributed by atoms with Gasteiger partial charge in [-0.3, -0.25) is 0 Å². The summed E-state index contributed by atoms with van der Waals surface area (Å²) in [5.74, 6) is -0.698. The lowest BCUT2D eigenvalue weighted by molar-refractivity contribution is 0.585. The Morgan fingerprint density at radius 1 is 1.40 bits per heavy atom. The highest BCUT2D eigenvalue weighted by Crippen LogP contribution is 2.31. The van der Waals surface area contributed by atoms with Gasteiger partial charge in [0.15, 0.2) is 5.82 Å². The normalized spacial score (nSPS) is 21.0. The predicted octanol–water partition coefficient (Wildman–Crippen LogP) is 2.39. The lowest BCUT2D eigenvalue weighted by Gasteiger charge is -2.20. The number of nitrogens with zero attached hydrogens (tertiary/aromatic N) is 1. The van der Waals surface area contributed by atoms with Gasteiger partial charge in [0.05, 0.1) is 11.4 Å². The summed E-state index contributed by atoms with van der Waals surface area (Å²) >= 11 is 0. The van der Waals surface area contributed by atoms with Gasteiger partial charge in [-0.05, 0) is 18.4 Å². The topological polar surface area (TPSA) is 29.3 Å². The zero-order chi connectivity index (χ0) is 11.0. The van der Waals surface area contributed by atoms with Crippen molar-refractivity contribution in [2.24, 2.45) is 5.92 Å². The minimum Gasteiger partial charge on any atom is -0.395 e. The van der Waals surface area contributed by atoms with Crippen molar-refractivity contribution >= 4 is 11.4 Å². The standard InChI is InChI=1S/C11H14F2N2/c1-7-2-3-15(6-7)10-5-8(12)4-9(13)11(10)14/h4-5,7H,2-3,6,14H2,1H3. The van der Waals surface area contributed by atoms with Gasteiger partial charge in [-0.15, -0.1) is 0 Å². The van der Waals surface area contributed by atoms with Crippen molar-refractivity contribution in [3.05, 3.63) is 23.8 Å². The summed E-state index contributed by atoms with van der Waals surface area (Å²) < 4.78 is 26.2. The molecule has 15 heavy (non-hydrogen) atoms. The molecule has 0 amide bonds. The summed E-state index contributed by atoms with van der Waals surface area (Å²) in [4.78, 5) is 1.94. The van der Waals surface area contributed by atoms with Crippen LogP contribution in [0.15, 0.2) is 12.1 Å². The average Bonchev–Trinajstić information content (AvgIpc) is 2.58. The van der Waals surface area contributed by atoms with Crippen LogP contribution in [0.3, 0.4) is 0 Å². The third-order valence-corrected chi connectivity index (χ3v) is 2.84. The second kappa shape index (κ2) is 3.68. The second-order valence-electron chi connectivity index (χ2n) is 4.16. The molecule has 0 saturated carbocycles. The Hall–Kier alpha value is -1.32. The van der Waals surface area contributed by atoms with Crippen LogP contribution >= 0.6 is 0 Å². The Bertz CT molecular complexity index is 379. The van der Waals surface area contributed by atoms with E-state index < -0.39 is 11.6 Å². The molecule has 1 aromatic carbocycles. The molecule has 1 aliphatic rings. The number of hydrogen-bond donors (Lipinski definition) is 1. The smallest absolute Gasteiger partial charge is 0.151 e. The Morgan fingerprint density at radius 3 is 2.73 bits per heavy atom. The van der Waals surface area contributed by atoms with Crippen molar-refractivity contribution < 1.29 is 8.78 Å². The highest BCUT2D eigenvalue weighted by atomic mass is 19.1. The Balaban J connectivity index is 2.35. The Kier molecular flexibility index (Phi) is 2.50. The summed E-state index contributed by atoms with van der Waals surface area (Å²) in [5.41, 5.74) is 6.12. The number of nitrogen functional groups attached to an aromatic ring is 1. The number of nitrogens with two attached hydrogens (primary N) is 1. The molecule has 1 aromatic rings. The molecule has 1 unspecified atom stereocenters. The largest absolute Gasteiger partial charge is 0.395 e. The van der Waals surface area contributed by atoms with Crippen LogP contribution in [0, 0.1) is 17.6 Å². The van der Waals surface area contributed by atoms with Crippen LogP contribution in [0.1, 0.15) is 13.3 Å². The first-order chi connectivity index (χ1) is 7.08. The van der Waals surface area contributed by atoms with Gasteiger partial charge in [0.1, 0.15) is 5.82 Å². The van der Waals surface area contributed by atoms with E-state index >= 15 is 0 Å². The van der Waals surface area contributed by atoms with Gasteiger partial charge in [0.25, 0.3) is 0 Å². The number of anilines is 2. The molecule has 0 aromatic heterocycles. The molecular formula is C11H14F2N2. The summed E-state index contributed by atoms with van der Waals surface area (Å²) in [6.45, 7) is 3.74. The monoisotopic (exact) mass is 212 g/mol. The van der Waals surface area contributed by atoms with Crippen molar-refractivity contribution in [3.8, 4) is 0 Å². The molecule has 2 N–H and O–H groups in total. The van der Waals surface area contributed by atoms with E-state index in [2.05, 4.69) is 6.92 Å². The highest BCUT2D eigenvalue weighted by Gasteiger charge is 2.22. The molecule has 1 aliphatic heterocycles. The van der Waals surface area contributed by atoms with E-state index in [1.165, 1.54) is 6.07 Å². The average molecular weight is 212 g/mol. The molecule has 0 spiro atoms. The van der Waals surface area contributed by atoms with Crippen molar-refractivity contribution in [3.63, 3.8) is 0 Å². The van der Waals surface area contributed by atoms with Crippen LogP contribution in [0.25, 0.3) is 0 Å². The summed E-state index contributed by atoms with van der Waals surface area (Å²) in [6, 6.07) is 2.12. The first kappa shape index (κ1) is 10.2. The second-order valence-corrected chi connectivity index (χ2v) is 4.16. The van der Waals surface area contributed by atoms with E-state index in [1.54, 1.807) is 0 Å². The fraction of sp³-hybridized carbons (Fsp3) is 0.455. The van der Waals surface area contributed by atoms with E-state index in [1.807, 2.05) is 4.90 Å². The minimum absolute atomic E-state index is 0.0468. The Morgan fingerprint density at radius 2 is 2.13 bits per heavy atom. The fourth-order valence-corrected chi connectivity index (χ4v) is 1.99. The van der Waals surface area contributed by atoms with Crippen LogP contribution in [-0.2, 0) is 0 Å². The molecule has 0 aliphatic carbocycles. The van der Waals surface area contributed by atoms with Gasteiger partial charge in [0.2, 0.25) is 0 Å². The quantitative estimate of drug-likeness (QED) is 0.724. The van der Waals surface area contributed by atoms with E-state index in [9.17, 15) is 8.78 Å². The number of hydrogen-bond acceptors (Lipinski definition) is 2. The number of halogens is 2. The number of benzene rings is 1. The van der Waals surface area contributed by atoms with E-state index in [0.29, 0.717) is 11.6 Å². The first-order valence-corrected chi connectivity index (χ1v) is 5.07. The van der Waals surface area contributed by atoms with E-state index in [0.717, 1.165) is 25.6 Å². The molecule has 1 heterocycles. The maximum Gasteiger partial charge on any atom is 0.151 e.